The molecular formula is C30H34N2O5. The number of carbonyl (C=O) groups is 1. The van der Waals surface area contributed by atoms with Gasteiger partial charge in [0.15, 0.2) is 23.0 Å². The third-order valence-electron chi connectivity index (χ3n) is 6.79. The monoisotopic (exact) mass is 502 g/mol. The standard InChI is InChI=1S/C30H34N2O5/c1-32(16-15-20-13-14-26(34-2)28(17-20)36-4)29(33)18-23(22-10-8-12-27(35-3)30(22)37-5)24-19-31-25-11-7-6-9-21(24)25/h6-14,17,19,23,31H,15-16,18H2,1-5H3. The molecule has 1 heterocycles. The highest BCUT2D eigenvalue weighted by Gasteiger charge is 2.27. The maximum Gasteiger partial charge on any atom is 0.223 e. The number of likely N-dealkylation sites (N-methyl/N-ethyl adjacent to an activating group) is 1. The second-order valence-electron chi connectivity index (χ2n) is 8.88. The van der Waals surface area contributed by atoms with Crippen LogP contribution in [-0.4, -0.2) is 57.8 Å². The van der Waals surface area contributed by atoms with Crippen molar-refractivity contribution in [1.82, 2.24) is 9.88 Å². The molecule has 4 aromatic rings. The highest BCUT2D eigenvalue weighted by atomic mass is 16.5. The highest BCUT2D eigenvalue weighted by molar-refractivity contribution is 5.86. The normalized spacial score (nSPS) is 11.7. The fourth-order valence-electron chi connectivity index (χ4n) is 4.74. The molecule has 1 atom stereocenters. The molecule has 0 saturated heterocycles. The number of benzene rings is 3. The largest absolute Gasteiger partial charge is 0.493 e. The van der Waals surface area contributed by atoms with Crippen molar-refractivity contribution >= 4 is 16.8 Å². The second kappa shape index (κ2) is 11.7. The molecule has 37 heavy (non-hydrogen) atoms. The Morgan fingerprint density at radius 2 is 1.59 bits per heavy atom. The van der Waals surface area contributed by atoms with E-state index in [1.165, 1.54) is 0 Å². The van der Waals surface area contributed by atoms with Crippen LogP contribution in [0.4, 0.5) is 0 Å². The average molecular weight is 503 g/mol. The van der Waals surface area contributed by atoms with E-state index in [4.69, 9.17) is 18.9 Å². The molecule has 4 rings (SSSR count). The van der Waals surface area contributed by atoms with Gasteiger partial charge in [0.1, 0.15) is 0 Å². The van der Waals surface area contributed by atoms with Gasteiger partial charge in [-0.2, -0.15) is 0 Å². The maximum absolute atomic E-state index is 13.6. The molecule has 0 bridgehead atoms. The SMILES string of the molecule is COc1ccc(CCN(C)C(=O)CC(c2cccc(OC)c2OC)c2c[nH]c3ccccc23)cc1OC. The number of aromatic nitrogens is 1. The van der Waals surface area contributed by atoms with Crippen LogP contribution in [0, 0.1) is 0 Å². The maximum atomic E-state index is 13.6. The van der Waals surface area contributed by atoms with Crippen molar-refractivity contribution in [3.63, 3.8) is 0 Å². The predicted octanol–water partition coefficient (Wildman–Crippen LogP) is 5.43. The first-order valence-electron chi connectivity index (χ1n) is 12.2. The van der Waals surface area contributed by atoms with Crippen molar-refractivity contribution in [3.05, 3.63) is 83.6 Å². The summed E-state index contributed by atoms with van der Waals surface area (Å²) < 4.78 is 22.1. The fourth-order valence-corrected chi connectivity index (χ4v) is 4.74. The molecule has 0 radical (unpaired) electrons. The number of nitrogens with one attached hydrogen (secondary N) is 1. The summed E-state index contributed by atoms with van der Waals surface area (Å²) in [5, 5.41) is 1.08. The van der Waals surface area contributed by atoms with Crippen LogP contribution in [0.2, 0.25) is 0 Å². The summed E-state index contributed by atoms with van der Waals surface area (Å²) >= 11 is 0. The Balaban J connectivity index is 1.60. The van der Waals surface area contributed by atoms with Gasteiger partial charge in [-0.15, -0.1) is 0 Å². The van der Waals surface area contributed by atoms with Crippen molar-refractivity contribution < 1.29 is 23.7 Å². The van der Waals surface area contributed by atoms with E-state index in [1.54, 1.807) is 33.3 Å². The molecule has 0 fully saturated rings. The number of rotatable bonds is 11. The Morgan fingerprint density at radius 1 is 0.838 bits per heavy atom. The molecule has 0 aliphatic heterocycles. The molecule has 7 nitrogen and oxygen atoms in total. The minimum absolute atomic E-state index is 0.0423. The molecule has 0 aliphatic carbocycles. The van der Waals surface area contributed by atoms with Crippen molar-refractivity contribution in [2.45, 2.75) is 18.8 Å². The zero-order valence-electron chi connectivity index (χ0n) is 22.0. The molecule has 0 saturated carbocycles. The van der Waals surface area contributed by atoms with Gasteiger partial charge in [-0.1, -0.05) is 36.4 Å². The topological polar surface area (TPSA) is 73.0 Å². The van der Waals surface area contributed by atoms with E-state index in [9.17, 15) is 4.79 Å². The Labute approximate surface area is 217 Å². The summed E-state index contributed by atoms with van der Waals surface area (Å²) in [6.07, 6.45) is 2.97. The lowest BCUT2D eigenvalue weighted by atomic mass is 9.87. The number of methoxy groups -OCH3 is 4. The fraction of sp³-hybridized carbons (Fsp3) is 0.300. The van der Waals surface area contributed by atoms with Crippen molar-refractivity contribution in [2.24, 2.45) is 0 Å². The number of carbonyl (C=O) groups excluding carboxylic acids is 1. The molecule has 1 amide bonds. The van der Waals surface area contributed by atoms with E-state index in [1.807, 2.05) is 67.8 Å². The lowest BCUT2D eigenvalue weighted by molar-refractivity contribution is -0.130. The minimum atomic E-state index is -0.225. The molecule has 0 spiro atoms. The van der Waals surface area contributed by atoms with Gasteiger partial charge in [0.05, 0.1) is 28.4 Å². The van der Waals surface area contributed by atoms with Gasteiger partial charge in [-0.25, -0.2) is 0 Å². The van der Waals surface area contributed by atoms with Gasteiger partial charge in [0.2, 0.25) is 5.91 Å². The summed E-state index contributed by atoms with van der Waals surface area (Å²) in [7, 11) is 8.33. The highest BCUT2D eigenvalue weighted by Crippen LogP contribution is 2.42. The van der Waals surface area contributed by atoms with E-state index < -0.39 is 0 Å². The Kier molecular flexibility index (Phi) is 8.23. The smallest absolute Gasteiger partial charge is 0.223 e. The van der Waals surface area contributed by atoms with Crippen LogP contribution in [0.1, 0.15) is 29.0 Å². The van der Waals surface area contributed by atoms with Crippen LogP contribution < -0.4 is 18.9 Å². The van der Waals surface area contributed by atoms with E-state index in [2.05, 4.69) is 11.1 Å². The van der Waals surface area contributed by atoms with Gasteiger partial charge in [0.25, 0.3) is 0 Å². The van der Waals surface area contributed by atoms with Crippen LogP contribution in [0.25, 0.3) is 10.9 Å². The molecular weight excluding hydrogens is 468 g/mol. The van der Waals surface area contributed by atoms with Crippen LogP contribution in [0.15, 0.2) is 66.9 Å². The van der Waals surface area contributed by atoms with Crippen molar-refractivity contribution in [1.29, 1.82) is 0 Å². The zero-order valence-corrected chi connectivity index (χ0v) is 22.0. The molecule has 7 heteroatoms. The summed E-state index contributed by atoms with van der Waals surface area (Å²) in [5.74, 6) is 2.46. The first-order chi connectivity index (χ1) is 18.0. The number of ether oxygens (including phenoxy) is 4. The van der Waals surface area contributed by atoms with Crippen molar-refractivity contribution in [2.75, 3.05) is 42.0 Å². The van der Waals surface area contributed by atoms with E-state index in [0.717, 1.165) is 27.6 Å². The van der Waals surface area contributed by atoms with Gasteiger partial charge in [-0.3, -0.25) is 4.79 Å². The molecule has 194 valence electrons. The van der Waals surface area contributed by atoms with Gasteiger partial charge in [-0.05, 0) is 41.8 Å². The third-order valence-corrected chi connectivity index (χ3v) is 6.79. The van der Waals surface area contributed by atoms with Gasteiger partial charge < -0.3 is 28.8 Å². The number of hydrogen-bond acceptors (Lipinski definition) is 5. The molecule has 1 aromatic heterocycles. The number of fused-ring (bicyclic) bond motifs is 1. The lowest BCUT2D eigenvalue weighted by Crippen LogP contribution is -2.30. The van der Waals surface area contributed by atoms with Crippen molar-refractivity contribution in [3.8, 4) is 23.0 Å². The lowest BCUT2D eigenvalue weighted by Gasteiger charge is -2.24. The quantitative estimate of drug-likeness (QED) is 0.296. The van der Waals surface area contributed by atoms with Gasteiger partial charge >= 0.3 is 0 Å². The second-order valence-corrected chi connectivity index (χ2v) is 8.88. The number of para-hydroxylation sites is 2. The number of amides is 1. The number of H-pyrrole nitrogens is 1. The molecule has 0 aliphatic rings. The van der Waals surface area contributed by atoms with E-state index in [-0.39, 0.29) is 18.2 Å². The Hall–Kier alpha value is -4.13. The average Bonchev–Trinajstić information content (AvgIpc) is 3.37. The summed E-state index contributed by atoms with van der Waals surface area (Å²) in [6, 6.07) is 19.8. The summed E-state index contributed by atoms with van der Waals surface area (Å²) in [6.45, 7) is 0.574. The van der Waals surface area contributed by atoms with Crippen LogP contribution in [0.3, 0.4) is 0 Å². The number of nitrogens with zero attached hydrogens (tertiary/aromatic N) is 1. The minimum Gasteiger partial charge on any atom is -0.493 e. The first kappa shape index (κ1) is 25.9. The molecule has 1 unspecified atom stereocenters. The molecule has 3 aromatic carbocycles. The Morgan fingerprint density at radius 3 is 2.32 bits per heavy atom. The number of hydrogen-bond donors (Lipinski definition) is 1. The summed E-state index contributed by atoms with van der Waals surface area (Å²) in [5.41, 5.74) is 4.05. The first-order valence-corrected chi connectivity index (χ1v) is 12.2. The summed E-state index contributed by atoms with van der Waals surface area (Å²) in [4.78, 5) is 18.7. The molecule has 1 N–H and O–H groups in total. The predicted molar refractivity (Wildman–Crippen MR) is 145 cm³/mol. The Bertz CT molecular complexity index is 1360. The third kappa shape index (κ3) is 5.50. The van der Waals surface area contributed by atoms with Crippen LogP contribution >= 0.6 is 0 Å². The van der Waals surface area contributed by atoms with E-state index in [0.29, 0.717) is 36.0 Å². The zero-order chi connectivity index (χ0) is 26.4. The van der Waals surface area contributed by atoms with E-state index >= 15 is 0 Å². The van der Waals surface area contributed by atoms with Crippen LogP contribution in [0.5, 0.6) is 23.0 Å². The van der Waals surface area contributed by atoms with Crippen LogP contribution in [-0.2, 0) is 11.2 Å². The van der Waals surface area contributed by atoms with Gasteiger partial charge in [0, 0.05) is 48.6 Å². The number of aromatic amines is 1.